The summed E-state index contributed by atoms with van der Waals surface area (Å²) in [7, 11) is 0. The normalized spacial score (nSPS) is 10.2. The second-order valence-corrected chi connectivity index (χ2v) is 2.18. The second-order valence-electron chi connectivity index (χ2n) is 2.18. The van der Waals surface area contributed by atoms with Crippen LogP contribution in [-0.2, 0) is 0 Å². The first kappa shape index (κ1) is 6.09. The zero-order valence-electron chi connectivity index (χ0n) is 5.94. The largest absolute Gasteiger partial charge is 0.284 e. The third-order valence-corrected chi connectivity index (χ3v) is 1.53. The summed E-state index contributed by atoms with van der Waals surface area (Å²) < 4.78 is 1.88. The monoisotopic (exact) mass is 145 g/mol. The van der Waals surface area contributed by atoms with E-state index in [1.54, 1.807) is 18.5 Å². The lowest BCUT2D eigenvalue weighted by Gasteiger charge is -1.91. The highest BCUT2D eigenvalue weighted by molar-refractivity contribution is 5.47. The molecule has 0 unspecified atom stereocenters. The molecule has 0 saturated carbocycles. The lowest BCUT2D eigenvalue weighted by atomic mass is 10.5. The van der Waals surface area contributed by atoms with Crippen molar-refractivity contribution in [2.75, 3.05) is 0 Å². The molecule has 0 aliphatic rings. The Bertz CT molecular complexity index is 389. The van der Waals surface area contributed by atoms with Crippen molar-refractivity contribution in [3.63, 3.8) is 0 Å². The molecule has 0 aliphatic carbocycles. The highest BCUT2D eigenvalue weighted by Crippen LogP contribution is 2.03. The van der Waals surface area contributed by atoms with E-state index in [0.717, 1.165) is 5.69 Å². The van der Waals surface area contributed by atoms with Crippen molar-refractivity contribution in [2.24, 2.45) is 0 Å². The summed E-state index contributed by atoms with van der Waals surface area (Å²) in [6.45, 7) is 3.66. The SMILES string of the molecule is C=Cc1cnc2ncccn12. The third-order valence-electron chi connectivity index (χ3n) is 1.53. The molecule has 2 aromatic rings. The van der Waals surface area contributed by atoms with Gasteiger partial charge in [-0.2, -0.15) is 0 Å². The van der Waals surface area contributed by atoms with Crippen molar-refractivity contribution < 1.29 is 0 Å². The predicted octanol–water partition coefficient (Wildman–Crippen LogP) is 1.37. The Morgan fingerprint density at radius 3 is 3.18 bits per heavy atom. The van der Waals surface area contributed by atoms with Gasteiger partial charge in [-0.3, -0.25) is 4.40 Å². The van der Waals surface area contributed by atoms with Gasteiger partial charge in [0.2, 0.25) is 5.78 Å². The lowest BCUT2D eigenvalue weighted by Crippen LogP contribution is -1.87. The molecule has 3 heteroatoms. The number of aromatic nitrogens is 3. The highest BCUT2D eigenvalue weighted by Gasteiger charge is 1.96. The van der Waals surface area contributed by atoms with Crippen molar-refractivity contribution in [1.82, 2.24) is 14.4 Å². The van der Waals surface area contributed by atoms with Crippen molar-refractivity contribution in [3.05, 3.63) is 36.9 Å². The number of rotatable bonds is 1. The van der Waals surface area contributed by atoms with Crippen molar-refractivity contribution >= 4 is 11.9 Å². The summed E-state index contributed by atoms with van der Waals surface area (Å²) in [4.78, 5) is 8.12. The Morgan fingerprint density at radius 1 is 1.45 bits per heavy atom. The van der Waals surface area contributed by atoms with Crippen LogP contribution in [0.2, 0.25) is 0 Å². The van der Waals surface area contributed by atoms with Crippen LogP contribution in [0.4, 0.5) is 0 Å². The first-order chi connectivity index (χ1) is 5.42. The minimum atomic E-state index is 0.711. The van der Waals surface area contributed by atoms with E-state index in [0.29, 0.717) is 5.78 Å². The number of hydrogen-bond acceptors (Lipinski definition) is 2. The maximum atomic E-state index is 4.07. The molecule has 2 heterocycles. The molecule has 0 fully saturated rings. The third kappa shape index (κ3) is 0.816. The summed E-state index contributed by atoms with van der Waals surface area (Å²) in [6, 6.07) is 1.86. The average Bonchev–Trinajstić information content (AvgIpc) is 2.47. The molecule has 0 amide bonds. The quantitative estimate of drug-likeness (QED) is 0.606. The van der Waals surface area contributed by atoms with Gasteiger partial charge >= 0.3 is 0 Å². The lowest BCUT2D eigenvalue weighted by molar-refractivity contribution is 1.10. The Labute approximate surface area is 64.0 Å². The molecule has 11 heavy (non-hydrogen) atoms. The number of imidazole rings is 1. The van der Waals surface area contributed by atoms with Crippen LogP contribution >= 0.6 is 0 Å². The molecular formula is C8H7N3. The Hall–Kier alpha value is -1.64. The Morgan fingerprint density at radius 2 is 2.36 bits per heavy atom. The van der Waals surface area contributed by atoms with Gasteiger partial charge in [0.05, 0.1) is 11.9 Å². The van der Waals surface area contributed by atoms with E-state index in [4.69, 9.17) is 0 Å². The molecule has 0 spiro atoms. The van der Waals surface area contributed by atoms with Gasteiger partial charge in [-0.1, -0.05) is 6.58 Å². The fourth-order valence-electron chi connectivity index (χ4n) is 0.997. The molecule has 54 valence electrons. The minimum absolute atomic E-state index is 0.711. The molecular weight excluding hydrogens is 138 g/mol. The average molecular weight is 145 g/mol. The fraction of sp³-hybridized carbons (Fsp3) is 0. The van der Waals surface area contributed by atoms with Gasteiger partial charge in [0.25, 0.3) is 0 Å². The summed E-state index contributed by atoms with van der Waals surface area (Å²) in [6.07, 6.45) is 7.12. The van der Waals surface area contributed by atoms with E-state index < -0.39 is 0 Å². The first-order valence-corrected chi connectivity index (χ1v) is 3.32. The van der Waals surface area contributed by atoms with Crippen LogP contribution in [0.1, 0.15) is 5.69 Å². The van der Waals surface area contributed by atoms with Gasteiger partial charge in [0, 0.05) is 12.4 Å². The fourth-order valence-corrected chi connectivity index (χ4v) is 0.997. The topological polar surface area (TPSA) is 30.2 Å². The van der Waals surface area contributed by atoms with E-state index in [1.807, 2.05) is 16.7 Å². The van der Waals surface area contributed by atoms with Crippen LogP contribution in [0.3, 0.4) is 0 Å². The predicted molar refractivity (Wildman–Crippen MR) is 43.1 cm³/mol. The van der Waals surface area contributed by atoms with E-state index in [-0.39, 0.29) is 0 Å². The van der Waals surface area contributed by atoms with Crippen LogP contribution in [0.15, 0.2) is 31.2 Å². The zero-order valence-corrected chi connectivity index (χ0v) is 5.94. The number of nitrogens with zero attached hydrogens (tertiary/aromatic N) is 3. The molecule has 0 bridgehead atoms. The molecule has 2 rings (SSSR count). The number of hydrogen-bond donors (Lipinski definition) is 0. The Kier molecular flexibility index (Phi) is 1.22. The van der Waals surface area contributed by atoms with Gasteiger partial charge < -0.3 is 0 Å². The van der Waals surface area contributed by atoms with E-state index in [2.05, 4.69) is 16.5 Å². The van der Waals surface area contributed by atoms with Crippen LogP contribution in [0.5, 0.6) is 0 Å². The van der Waals surface area contributed by atoms with Crippen LogP contribution in [-0.4, -0.2) is 14.4 Å². The van der Waals surface area contributed by atoms with Gasteiger partial charge in [-0.05, 0) is 12.1 Å². The summed E-state index contributed by atoms with van der Waals surface area (Å²) in [5.41, 5.74) is 0.966. The molecule has 2 aromatic heterocycles. The van der Waals surface area contributed by atoms with Crippen molar-refractivity contribution in [2.45, 2.75) is 0 Å². The standard InChI is InChI=1S/C8H7N3/c1-2-7-6-10-8-9-4-3-5-11(7)8/h2-6H,1H2. The van der Waals surface area contributed by atoms with Gasteiger partial charge in [-0.15, -0.1) is 0 Å². The van der Waals surface area contributed by atoms with Gasteiger partial charge in [-0.25, -0.2) is 9.97 Å². The zero-order chi connectivity index (χ0) is 7.68. The van der Waals surface area contributed by atoms with Crippen LogP contribution < -0.4 is 0 Å². The summed E-state index contributed by atoms with van der Waals surface area (Å²) in [5, 5.41) is 0. The van der Waals surface area contributed by atoms with Crippen molar-refractivity contribution in [1.29, 1.82) is 0 Å². The van der Waals surface area contributed by atoms with E-state index in [1.165, 1.54) is 0 Å². The first-order valence-electron chi connectivity index (χ1n) is 3.32. The summed E-state index contributed by atoms with van der Waals surface area (Å²) >= 11 is 0. The minimum Gasteiger partial charge on any atom is -0.284 e. The maximum absolute atomic E-state index is 4.07. The maximum Gasteiger partial charge on any atom is 0.234 e. The van der Waals surface area contributed by atoms with Crippen LogP contribution in [0.25, 0.3) is 11.9 Å². The molecule has 0 saturated heterocycles. The molecule has 0 radical (unpaired) electrons. The summed E-state index contributed by atoms with van der Waals surface area (Å²) in [5.74, 6) is 0.711. The van der Waals surface area contributed by atoms with Gasteiger partial charge in [0.1, 0.15) is 0 Å². The van der Waals surface area contributed by atoms with E-state index >= 15 is 0 Å². The Balaban J connectivity index is 2.86. The van der Waals surface area contributed by atoms with Crippen LogP contribution in [0, 0.1) is 0 Å². The molecule has 0 N–H and O–H groups in total. The number of fused-ring (bicyclic) bond motifs is 1. The second kappa shape index (κ2) is 2.20. The van der Waals surface area contributed by atoms with Gasteiger partial charge in [0.15, 0.2) is 0 Å². The molecule has 3 nitrogen and oxygen atoms in total. The highest BCUT2D eigenvalue weighted by atomic mass is 15.1. The molecule has 0 aromatic carbocycles. The molecule has 0 atom stereocenters. The van der Waals surface area contributed by atoms with E-state index in [9.17, 15) is 0 Å². The molecule has 0 aliphatic heterocycles. The smallest absolute Gasteiger partial charge is 0.234 e. The van der Waals surface area contributed by atoms with Crippen molar-refractivity contribution in [3.8, 4) is 0 Å².